The smallest absolute Gasteiger partial charge is 0.0805 e. The zero-order valence-electron chi connectivity index (χ0n) is 12.7. The van der Waals surface area contributed by atoms with E-state index < -0.39 is 0 Å². The van der Waals surface area contributed by atoms with Gasteiger partial charge in [0, 0.05) is 26.9 Å². The highest BCUT2D eigenvalue weighted by molar-refractivity contribution is 4.88. The van der Waals surface area contributed by atoms with E-state index in [9.17, 15) is 0 Å². The lowest BCUT2D eigenvalue weighted by molar-refractivity contribution is -0.0890. The lowest BCUT2D eigenvalue weighted by Gasteiger charge is -2.39. The first-order chi connectivity index (χ1) is 9.26. The van der Waals surface area contributed by atoms with E-state index in [1.54, 1.807) is 7.11 Å². The van der Waals surface area contributed by atoms with Crippen molar-refractivity contribution in [2.45, 2.75) is 51.0 Å². The van der Waals surface area contributed by atoms with Gasteiger partial charge in [-0.2, -0.15) is 0 Å². The Morgan fingerprint density at radius 3 is 2.42 bits per heavy atom. The molecule has 1 saturated carbocycles. The minimum Gasteiger partial charge on any atom is -0.385 e. The summed E-state index contributed by atoms with van der Waals surface area (Å²) >= 11 is 0. The highest BCUT2D eigenvalue weighted by atomic mass is 16.5. The minimum atomic E-state index is -0.0818. The van der Waals surface area contributed by atoms with Crippen LogP contribution in [0.15, 0.2) is 0 Å². The average Bonchev–Trinajstić information content (AvgIpc) is 2.47. The number of ether oxygens (including phenoxy) is 3. The molecule has 0 atom stereocenters. The van der Waals surface area contributed by atoms with Gasteiger partial charge in [-0.25, -0.2) is 0 Å². The summed E-state index contributed by atoms with van der Waals surface area (Å²) in [7, 11) is 1.71. The van der Waals surface area contributed by atoms with Gasteiger partial charge in [0.2, 0.25) is 0 Å². The second-order valence-corrected chi connectivity index (χ2v) is 5.55. The van der Waals surface area contributed by atoms with Crippen LogP contribution in [0.5, 0.6) is 0 Å². The van der Waals surface area contributed by atoms with E-state index in [0.29, 0.717) is 19.8 Å². The molecule has 4 nitrogen and oxygen atoms in total. The molecule has 0 heterocycles. The molecule has 1 aliphatic rings. The Balaban J connectivity index is 2.11. The van der Waals surface area contributed by atoms with Crippen molar-refractivity contribution in [3.63, 3.8) is 0 Å². The molecular weight excluding hydrogens is 242 g/mol. The van der Waals surface area contributed by atoms with Crippen molar-refractivity contribution >= 4 is 0 Å². The van der Waals surface area contributed by atoms with Crippen LogP contribution < -0.4 is 5.73 Å². The molecule has 0 amide bonds. The Kier molecular flexibility index (Phi) is 8.62. The van der Waals surface area contributed by atoms with Crippen molar-refractivity contribution in [3.8, 4) is 0 Å². The number of nitrogens with two attached hydrogens (primary N) is 1. The average molecular weight is 273 g/mol. The SMILES string of the molecule is CCC1CCC(CN)(OCCOCCCOC)CC1. The number of rotatable bonds is 10. The summed E-state index contributed by atoms with van der Waals surface area (Å²) in [6, 6.07) is 0. The van der Waals surface area contributed by atoms with Gasteiger partial charge in [-0.05, 0) is 38.0 Å². The van der Waals surface area contributed by atoms with Crippen molar-refractivity contribution < 1.29 is 14.2 Å². The first kappa shape index (κ1) is 16.9. The zero-order chi connectivity index (χ0) is 14.0. The molecule has 114 valence electrons. The Morgan fingerprint density at radius 1 is 1.11 bits per heavy atom. The molecular formula is C15H31NO3. The molecule has 0 bridgehead atoms. The standard InChI is InChI=1S/C15H31NO3/c1-3-14-5-7-15(13-16,8-6-14)19-12-11-18-10-4-9-17-2/h14H,3-13,16H2,1-2H3. The van der Waals surface area contributed by atoms with Gasteiger partial charge in [0.05, 0.1) is 18.8 Å². The van der Waals surface area contributed by atoms with E-state index in [0.717, 1.165) is 38.4 Å². The maximum absolute atomic E-state index is 6.04. The van der Waals surface area contributed by atoms with Gasteiger partial charge in [-0.3, -0.25) is 0 Å². The molecule has 0 spiro atoms. The predicted molar refractivity (Wildman–Crippen MR) is 77.3 cm³/mol. The number of hydrogen-bond donors (Lipinski definition) is 1. The monoisotopic (exact) mass is 273 g/mol. The van der Waals surface area contributed by atoms with E-state index in [1.807, 2.05) is 0 Å². The van der Waals surface area contributed by atoms with Gasteiger partial charge in [0.1, 0.15) is 0 Å². The highest BCUT2D eigenvalue weighted by Crippen LogP contribution is 2.35. The molecule has 19 heavy (non-hydrogen) atoms. The van der Waals surface area contributed by atoms with Crippen LogP contribution in [0, 0.1) is 5.92 Å². The van der Waals surface area contributed by atoms with E-state index in [1.165, 1.54) is 19.3 Å². The zero-order valence-corrected chi connectivity index (χ0v) is 12.7. The summed E-state index contributed by atoms with van der Waals surface area (Å²) in [5.41, 5.74) is 5.84. The molecule has 0 unspecified atom stereocenters. The Morgan fingerprint density at radius 2 is 1.84 bits per heavy atom. The molecule has 0 aromatic carbocycles. The number of methoxy groups -OCH3 is 1. The normalized spacial score (nSPS) is 27.6. The van der Waals surface area contributed by atoms with E-state index in [4.69, 9.17) is 19.9 Å². The maximum Gasteiger partial charge on any atom is 0.0805 e. The van der Waals surface area contributed by atoms with Crippen LogP contribution in [0.4, 0.5) is 0 Å². The summed E-state index contributed by atoms with van der Waals surface area (Å²) in [6.07, 6.45) is 6.93. The van der Waals surface area contributed by atoms with Crippen LogP contribution in [-0.4, -0.2) is 45.7 Å². The van der Waals surface area contributed by atoms with Gasteiger partial charge in [0.15, 0.2) is 0 Å². The molecule has 0 aromatic rings. The first-order valence-corrected chi connectivity index (χ1v) is 7.67. The summed E-state index contributed by atoms with van der Waals surface area (Å²) in [4.78, 5) is 0. The van der Waals surface area contributed by atoms with E-state index >= 15 is 0 Å². The van der Waals surface area contributed by atoms with Crippen molar-refractivity contribution in [3.05, 3.63) is 0 Å². The van der Waals surface area contributed by atoms with Crippen LogP contribution in [0.3, 0.4) is 0 Å². The second-order valence-electron chi connectivity index (χ2n) is 5.55. The molecule has 1 fully saturated rings. The fourth-order valence-corrected chi connectivity index (χ4v) is 2.74. The van der Waals surface area contributed by atoms with Gasteiger partial charge >= 0.3 is 0 Å². The fourth-order valence-electron chi connectivity index (χ4n) is 2.74. The van der Waals surface area contributed by atoms with Crippen molar-refractivity contribution in [1.82, 2.24) is 0 Å². The second kappa shape index (κ2) is 9.70. The molecule has 0 aromatic heterocycles. The third-order valence-corrected chi connectivity index (χ3v) is 4.24. The molecule has 0 saturated heterocycles. The Bertz CT molecular complexity index is 215. The predicted octanol–water partition coefficient (Wildman–Crippen LogP) is 2.35. The van der Waals surface area contributed by atoms with Crippen LogP contribution in [0.2, 0.25) is 0 Å². The van der Waals surface area contributed by atoms with Crippen LogP contribution in [-0.2, 0) is 14.2 Å². The lowest BCUT2D eigenvalue weighted by atomic mass is 9.77. The molecule has 4 heteroatoms. The first-order valence-electron chi connectivity index (χ1n) is 7.67. The third-order valence-electron chi connectivity index (χ3n) is 4.24. The maximum atomic E-state index is 6.04. The minimum absolute atomic E-state index is 0.0818. The quantitative estimate of drug-likeness (QED) is 0.621. The van der Waals surface area contributed by atoms with Gasteiger partial charge in [-0.15, -0.1) is 0 Å². The van der Waals surface area contributed by atoms with Gasteiger partial charge in [0.25, 0.3) is 0 Å². The molecule has 2 N–H and O–H groups in total. The van der Waals surface area contributed by atoms with E-state index in [-0.39, 0.29) is 5.60 Å². The summed E-state index contributed by atoms with van der Waals surface area (Å²) in [5, 5.41) is 0. The van der Waals surface area contributed by atoms with Crippen molar-refractivity contribution in [1.29, 1.82) is 0 Å². The Hall–Kier alpha value is -0.160. The topological polar surface area (TPSA) is 53.7 Å². The van der Waals surface area contributed by atoms with Gasteiger partial charge in [-0.1, -0.05) is 13.3 Å². The van der Waals surface area contributed by atoms with Crippen LogP contribution in [0.25, 0.3) is 0 Å². The molecule has 0 radical (unpaired) electrons. The van der Waals surface area contributed by atoms with Crippen molar-refractivity contribution in [2.75, 3.05) is 40.1 Å². The van der Waals surface area contributed by atoms with E-state index in [2.05, 4.69) is 6.92 Å². The summed E-state index contributed by atoms with van der Waals surface area (Å²) in [6.45, 7) is 5.71. The number of hydrogen-bond acceptors (Lipinski definition) is 4. The van der Waals surface area contributed by atoms with Gasteiger partial charge < -0.3 is 19.9 Å². The van der Waals surface area contributed by atoms with Crippen molar-refractivity contribution in [2.24, 2.45) is 11.7 Å². The largest absolute Gasteiger partial charge is 0.385 e. The van der Waals surface area contributed by atoms with Crippen LogP contribution >= 0.6 is 0 Å². The van der Waals surface area contributed by atoms with Crippen LogP contribution in [0.1, 0.15) is 45.4 Å². The molecule has 0 aliphatic heterocycles. The fraction of sp³-hybridized carbons (Fsp3) is 1.00. The third kappa shape index (κ3) is 6.21. The molecule has 1 rings (SSSR count). The molecule has 1 aliphatic carbocycles. The summed E-state index contributed by atoms with van der Waals surface area (Å²) in [5.74, 6) is 0.869. The Labute approximate surface area is 118 Å². The lowest BCUT2D eigenvalue weighted by Crippen LogP contribution is -2.44. The summed E-state index contributed by atoms with van der Waals surface area (Å²) < 4.78 is 16.5. The highest BCUT2D eigenvalue weighted by Gasteiger charge is 2.34.